The Labute approximate surface area is 134 Å². The highest BCUT2D eigenvalue weighted by Crippen LogP contribution is 2.21. The van der Waals surface area contributed by atoms with Gasteiger partial charge in [0.1, 0.15) is 0 Å². The Balaban J connectivity index is 1.79. The van der Waals surface area contributed by atoms with Gasteiger partial charge < -0.3 is 10.4 Å². The van der Waals surface area contributed by atoms with Gasteiger partial charge in [-0.1, -0.05) is 30.3 Å². The van der Waals surface area contributed by atoms with E-state index in [1.54, 1.807) is 30.3 Å². The number of nitrogens with one attached hydrogen (secondary N) is 1. The lowest BCUT2D eigenvalue weighted by molar-refractivity contribution is -0.124. The van der Waals surface area contributed by atoms with E-state index in [-0.39, 0.29) is 6.04 Å². The first-order valence-electron chi connectivity index (χ1n) is 7.57. The smallest absolute Gasteiger partial charge is 0.257 e. The second kappa shape index (κ2) is 6.22. The highest BCUT2D eigenvalue weighted by molar-refractivity contribution is 5.96. The van der Waals surface area contributed by atoms with Gasteiger partial charge in [0.05, 0.1) is 5.52 Å². The van der Waals surface area contributed by atoms with E-state index in [9.17, 15) is 9.90 Å². The maximum absolute atomic E-state index is 12.2. The first-order valence-corrected chi connectivity index (χ1v) is 7.57. The molecule has 1 unspecified atom stereocenters. The molecule has 5 heteroatoms. The Bertz CT molecular complexity index is 825. The molecule has 0 fully saturated rings. The molecule has 1 amide bonds. The van der Waals surface area contributed by atoms with E-state index >= 15 is 0 Å². The SMILES string of the molecule is CC(C)n1cc2cc(NC(=O)C(O)c3ccccc3)ccc2n1. The van der Waals surface area contributed by atoms with E-state index < -0.39 is 12.0 Å². The van der Waals surface area contributed by atoms with Crippen molar-refractivity contribution in [3.63, 3.8) is 0 Å². The molecular formula is C18H19N3O2. The monoisotopic (exact) mass is 309 g/mol. The third kappa shape index (κ3) is 3.24. The van der Waals surface area contributed by atoms with Crippen LogP contribution >= 0.6 is 0 Å². The summed E-state index contributed by atoms with van der Waals surface area (Å²) >= 11 is 0. The number of hydrogen-bond acceptors (Lipinski definition) is 3. The van der Waals surface area contributed by atoms with Crippen molar-refractivity contribution in [1.82, 2.24) is 9.78 Å². The van der Waals surface area contributed by atoms with Crippen LogP contribution in [0.1, 0.15) is 31.6 Å². The van der Waals surface area contributed by atoms with Crippen LogP contribution in [0.2, 0.25) is 0 Å². The molecule has 0 aliphatic rings. The zero-order chi connectivity index (χ0) is 16.4. The quantitative estimate of drug-likeness (QED) is 0.777. The number of carbonyl (C=O) groups excluding carboxylic acids is 1. The summed E-state index contributed by atoms with van der Waals surface area (Å²) in [5, 5.41) is 18.3. The number of nitrogens with zero attached hydrogens (tertiary/aromatic N) is 2. The summed E-state index contributed by atoms with van der Waals surface area (Å²) in [6.45, 7) is 4.12. The average molecular weight is 309 g/mol. The molecule has 2 aromatic carbocycles. The number of benzene rings is 2. The lowest BCUT2D eigenvalue weighted by Gasteiger charge is -2.11. The summed E-state index contributed by atoms with van der Waals surface area (Å²) in [7, 11) is 0. The van der Waals surface area contributed by atoms with Crippen molar-refractivity contribution in [2.24, 2.45) is 0 Å². The molecule has 0 radical (unpaired) electrons. The van der Waals surface area contributed by atoms with Crippen molar-refractivity contribution >= 4 is 22.5 Å². The minimum absolute atomic E-state index is 0.278. The molecule has 118 valence electrons. The number of fused-ring (bicyclic) bond motifs is 1. The van der Waals surface area contributed by atoms with Gasteiger partial charge in [0.15, 0.2) is 6.10 Å². The van der Waals surface area contributed by atoms with E-state index in [1.807, 2.05) is 29.1 Å². The topological polar surface area (TPSA) is 67.2 Å². The van der Waals surface area contributed by atoms with Crippen LogP contribution in [-0.4, -0.2) is 20.8 Å². The molecule has 23 heavy (non-hydrogen) atoms. The molecule has 2 N–H and O–H groups in total. The van der Waals surface area contributed by atoms with Gasteiger partial charge in [-0.3, -0.25) is 9.48 Å². The minimum Gasteiger partial charge on any atom is -0.378 e. The molecule has 0 saturated carbocycles. The lowest BCUT2D eigenvalue weighted by atomic mass is 10.1. The van der Waals surface area contributed by atoms with Gasteiger partial charge in [-0.05, 0) is 37.6 Å². The number of aromatic nitrogens is 2. The van der Waals surface area contributed by atoms with Gasteiger partial charge in [0.25, 0.3) is 5.91 Å². The van der Waals surface area contributed by atoms with Crippen LogP contribution in [0, 0.1) is 0 Å². The molecule has 3 rings (SSSR count). The normalized spacial score (nSPS) is 12.5. The molecule has 0 saturated heterocycles. The molecular weight excluding hydrogens is 290 g/mol. The van der Waals surface area contributed by atoms with E-state index in [4.69, 9.17) is 0 Å². The van der Waals surface area contributed by atoms with Crippen molar-refractivity contribution in [3.8, 4) is 0 Å². The highest BCUT2D eigenvalue weighted by Gasteiger charge is 2.17. The molecule has 1 heterocycles. The Kier molecular flexibility index (Phi) is 4.12. The van der Waals surface area contributed by atoms with Crippen molar-refractivity contribution < 1.29 is 9.90 Å². The Morgan fingerprint density at radius 2 is 1.91 bits per heavy atom. The van der Waals surface area contributed by atoms with Crippen LogP contribution in [0.3, 0.4) is 0 Å². The molecule has 0 bridgehead atoms. The van der Waals surface area contributed by atoms with Crippen molar-refractivity contribution in [2.45, 2.75) is 26.0 Å². The summed E-state index contributed by atoms with van der Waals surface area (Å²) < 4.78 is 1.88. The Morgan fingerprint density at radius 1 is 1.17 bits per heavy atom. The predicted molar refractivity (Wildman–Crippen MR) is 90.1 cm³/mol. The second-order valence-electron chi connectivity index (χ2n) is 5.78. The third-order valence-electron chi connectivity index (χ3n) is 3.68. The fourth-order valence-corrected chi connectivity index (χ4v) is 2.38. The number of carbonyl (C=O) groups is 1. The third-order valence-corrected chi connectivity index (χ3v) is 3.68. The van der Waals surface area contributed by atoms with E-state index in [2.05, 4.69) is 24.3 Å². The van der Waals surface area contributed by atoms with Crippen LogP contribution in [-0.2, 0) is 4.79 Å². The van der Waals surface area contributed by atoms with Crippen LogP contribution in [0.25, 0.3) is 10.9 Å². The Morgan fingerprint density at radius 3 is 2.61 bits per heavy atom. The minimum atomic E-state index is -1.19. The van der Waals surface area contributed by atoms with Gasteiger partial charge in [-0.2, -0.15) is 5.10 Å². The first-order chi connectivity index (χ1) is 11.0. The molecule has 5 nitrogen and oxygen atoms in total. The highest BCUT2D eigenvalue weighted by atomic mass is 16.3. The number of aliphatic hydroxyl groups is 1. The zero-order valence-corrected chi connectivity index (χ0v) is 13.1. The largest absolute Gasteiger partial charge is 0.378 e. The molecule has 0 spiro atoms. The van der Waals surface area contributed by atoms with Gasteiger partial charge >= 0.3 is 0 Å². The van der Waals surface area contributed by atoms with Crippen LogP contribution in [0.4, 0.5) is 5.69 Å². The average Bonchev–Trinajstić information content (AvgIpc) is 2.98. The van der Waals surface area contributed by atoms with E-state index in [0.29, 0.717) is 11.3 Å². The van der Waals surface area contributed by atoms with E-state index in [0.717, 1.165) is 10.9 Å². The standard InChI is InChI=1S/C18H19N3O2/c1-12(2)21-11-14-10-15(8-9-16(14)20-21)19-18(23)17(22)13-6-4-3-5-7-13/h3-12,17,22H,1-2H3,(H,19,23). The summed E-state index contributed by atoms with van der Waals surface area (Å²) in [5.41, 5.74) is 2.08. The van der Waals surface area contributed by atoms with Gasteiger partial charge in [-0.25, -0.2) is 0 Å². The summed E-state index contributed by atoms with van der Waals surface area (Å²) in [6.07, 6.45) is 0.758. The van der Waals surface area contributed by atoms with Crippen molar-refractivity contribution in [1.29, 1.82) is 0 Å². The molecule has 1 atom stereocenters. The Hall–Kier alpha value is -2.66. The first kappa shape index (κ1) is 15.2. The van der Waals surface area contributed by atoms with E-state index in [1.165, 1.54) is 0 Å². The molecule has 3 aromatic rings. The maximum Gasteiger partial charge on any atom is 0.257 e. The number of anilines is 1. The summed E-state index contributed by atoms with van der Waals surface area (Å²) in [6, 6.07) is 14.6. The van der Waals surface area contributed by atoms with Crippen molar-refractivity contribution in [3.05, 3.63) is 60.3 Å². The summed E-state index contributed by atoms with van der Waals surface area (Å²) in [5.74, 6) is -0.452. The number of amides is 1. The van der Waals surface area contributed by atoms with Gasteiger partial charge in [0, 0.05) is 23.3 Å². The van der Waals surface area contributed by atoms with Gasteiger partial charge in [0.2, 0.25) is 0 Å². The van der Waals surface area contributed by atoms with Crippen LogP contribution in [0.15, 0.2) is 54.7 Å². The second-order valence-corrected chi connectivity index (χ2v) is 5.78. The van der Waals surface area contributed by atoms with Crippen LogP contribution in [0.5, 0.6) is 0 Å². The lowest BCUT2D eigenvalue weighted by Crippen LogP contribution is -2.20. The maximum atomic E-state index is 12.2. The molecule has 0 aliphatic carbocycles. The number of rotatable bonds is 4. The van der Waals surface area contributed by atoms with Crippen LogP contribution < -0.4 is 5.32 Å². The zero-order valence-electron chi connectivity index (χ0n) is 13.1. The van der Waals surface area contributed by atoms with Gasteiger partial charge in [-0.15, -0.1) is 0 Å². The number of aliphatic hydroxyl groups excluding tert-OH is 1. The summed E-state index contributed by atoms with van der Waals surface area (Å²) in [4.78, 5) is 12.2. The molecule has 1 aromatic heterocycles. The molecule has 0 aliphatic heterocycles. The predicted octanol–water partition coefficient (Wildman–Crippen LogP) is 3.29. The fraction of sp³-hybridized carbons (Fsp3) is 0.222. The fourth-order valence-electron chi connectivity index (χ4n) is 2.38. The van der Waals surface area contributed by atoms with Crippen molar-refractivity contribution in [2.75, 3.05) is 5.32 Å². The number of hydrogen-bond donors (Lipinski definition) is 2.